The van der Waals surface area contributed by atoms with Gasteiger partial charge in [0, 0.05) is 22.7 Å². The zero-order valence-corrected chi connectivity index (χ0v) is 15.7. The molecule has 0 amide bonds. The minimum Gasteiger partial charge on any atom is -0.493 e. The van der Waals surface area contributed by atoms with Gasteiger partial charge in [0.15, 0.2) is 11.5 Å². The van der Waals surface area contributed by atoms with Gasteiger partial charge in [-0.05, 0) is 50.2 Å². The van der Waals surface area contributed by atoms with Gasteiger partial charge in [-0.25, -0.2) is 9.97 Å². The molecule has 2 N–H and O–H groups in total. The van der Waals surface area contributed by atoms with Crippen LogP contribution in [0.1, 0.15) is 18.4 Å². The van der Waals surface area contributed by atoms with E-state index >= 15 is 0 Å². The molecule has 2 heterocycles. The number of rotatable bonds is 5. The number of benzene rings is 2. The Bertz CT molecular complexity index is 1020. The summed E-state index contributed by atoms with van der Waals surface area (Å²) < 4.78 is 11.8. The van der Waals surface area contributed by atoms with Crippen LogP contribution in [0.2, 0.25) is 0 Å². The van der Waals surface area contributed by atoms with Crippen molar-refractivity contribution in [3.63, 3.8) is 0 Å². The average molecular weight is 374 g/mol. The molecule has 4 rings (SSSR count). The van der Waals surface area contributed by atoms with Crippen LogP contribution in [0.5, 0.6) is 11.5 Å². The van der Waals surface area contributed by atoms with Crippen LogP contribution in [0.4, 0.5) is 11.5 Å². The number of anilines is 2. The van der Waals surface area contributed by atoms with E-state index < -0.39 is 0 Å². The molecule has 0 aliphatic carbocycles. The highest BCUT2D eigenvalue weighted by Gasteiger charge is 2.18. The summed E-state index contributed by atoms with van der Waals surface area (Å²) in [7, 11) is 1.64. The molecular formula is C22H22N4O2. The summed E-state index contributed by atoms with van der Waals surface area (Å²) in [5.74, 6) is 4.70. The summed E-state index contributed by atoms with van der Waals surface area (Å²) in [6, 6.07) is 11.5. The number of hydrogen-bond acceptors (Lipinski definition) is 6. The second-order valence-electron chi connectivity index (χ2n) is 6.66. The van der Waals surface area contributed by atoms with E-state index in [0.717, 1.165) is 48.1 Å². The van der Waals surface area contributed by atoms with Crippen LogP contribution in [0.3, 0.4) is 0 Å². The summed E-state index contributed by atoms with van der Waals surface area (Å²) in [6.07, 6.45) is 9.16. The minimum absolute atomic E-state index is 0.179. The first-order valence-electron chi connectivity index (χ1n) is 9.30. The van der Waals surface area contributed by atoms with E-state index in [1.807, 2.05) is 36.4 Å². The highest BCUT2D eigenvalue weighted by Crippen LogP contribution is 2.36. The van der Waals surface area contributed by atoms with Gasteiger partial charge in [0.1, 0.15) is 18.2 Å². The van der Waals surface area contributed by atoms with Crippen molar-refractivity contribution in [2.24, 2.45) is 0 Å². The second-order valence-corrected chi connectivity index (χ2v) is 6.66. The van der Waals surface area contributed by atoms with Gasteiger partial charge in [-0.2, -0.15) is 0 Å². The van der Waals surface area contributed by atoms with Crippen molar-refractivity contribution in [1.82, 2.24) is 15.3 Å². The van der Waals surface area contributed by atoms with Crippen LogP contribution in [-0.4, -0.2) is 36.3 Å². The number of terminal acetylenes is 1. The van der Waals surface area contributed by atoms with E-state index in [1.54, 1.807) is 7.11 Å². The largest absolute Gasteiger partial charge is 0.493 e. The third kappa shape index (κ3) is 3.85. The van der Waals surface area contributed by atoms with Gasteiger partial charge in [-0.1, -0.05) is 12.0 Å². The Balaban J connectivity index is 1.68. The Hall–Kier alpha value is -3.30. The van der Waals surface area contributed by atoms with Crippen LogP contribution >= 0.6 is 0 Å². The predicted molar refractivity (Wildman–Crippen MR) is 110 cm³/mol. The Morgan fingerprint density at radius 1 is 1.14 bits per heavy atom. The van der Waals surface area contributed by atoms with Crippen molar-refractivity contribution in [3.05, 3.63) is 48.3 Å². The number of piperidine rings is 1. The average Bonchev–Trinajstić information content (AvgIpc) is 2.74. The monoisotopic (exact) mass is 374 g/mol. The van der Waals surface area contributed by atoms with Gasteiger partial charge < -0.3 is 20.1 Å². The maximum absolute atomic E-state index is 6.21. The van der Waals surface area contributed by atoms with Crippen LogP contribution in [0, 0.1) is 12.3 Å². The SMILES string of the molecule is C#Cc1cccc(Nc2ncnc3cc(OC4CCNCC4)c(OC)cc23)c1. The van der Waals surface area contributed by atoms with Crippen LogP contribution in [0.15, 0.2) is 42.7 Å². The van der Waals surface area contributed by atoms with Gasteiger partial charge in [-0.3, -0.25) is 0 Å². The van der Waals surface area contributed by atoms with Gasteiger partial charge in [0.25, 0.3) is 0 Å². The van der Waals surface area contributed by atoms with Crippen LogP contribution in [0.25, 0.3) is 10.9 Å². The van der Waals surface area contributed by atoms with Crippen LogP contribution < -0.4 is 20.1 Å². The predicted octanol–water partition coefficient (Wildman–Crippen LogP) is 3.49. The molecule has 3 aromatic rings. The molecule has 2 aromatic carbocycles. The highest BCUT2D eigenvalue weighted by atomic mass is 16.5. The first kappa shape index (κ1) is 18.1. The van der Waals surface area contributed by atoms with E-state index in [1.165, 1.54) is 6.33 Å². The first-order valence-corrected chi connectivity index (χ1v) is 9.30. The first-order chi connectivity index (χ1) is 13.8. The molecule has 142 valence electrons. The molecule has 0 saturated carbocycles. The summed E-state index contributed by atoms with van der Waals surface area (Å²) in [4.78, 5) is 8.81. The van der Waals surface area contributed by atoms with Crippen molar-refractivity contribution >= 4 is 22.4 Å². The van der Waals surface area contributed by atoms with Gasteiger partial charge in [-0.15, -0.1) is 6.42 Å². The van der Waals surface area contributed by atoms with E-state index in [4.69, 9.17) is 15.9 Å². The molecule has 1 saturated heterocycles. The molecule has 1 aliphatic rings. The molecule has 6 heteroatoms. The maximum Gasteiger partial charge on any atom is 0.163 e. The Morgan fingerprint density at radius 2 is 2.00 bits per heavy atom. The van der Waals surface area contributed by atoms with Crippen molar-refractivity contribution in [2.75, 3.05) is 25.5 Å². The third-order valence-electron chi connectivity index (χ3n) is 4.79. The fourth-order valence-electron chi connectivity index (χ4n) is 3.33. The minimum atomic E-state index is 0.179. The van der Waals surface area contributed by atoms with Crippen molar-refractivity contribution in [2.45, 2.75) is 18.9 Å². The normalized spacial score (nSPS) is 14.4. The number of aromatic nitrogens is 2. The number of ether oxygens (including phenoxy) is 2. The molecule has 1 aromatic heterocycles. The van der Waals surface area contributed by atoms with Crippen molar-refractivity contribution in [3.8, 4) is 23.8 Å². The molecule has 1 fully saturated rings. The molecule has 0 atom stereocenters. The highest BCUT2D eigenvalue weighted by molar-refractivity contribution is 5.93. The molecular weight excluding hydrogens is 352 g/mol. The lowest BCUT2D eigenvalue weighted by Crippen LogP contribution is -2.34. The topological polar surface area (TPSA) is 68.3 Å². The van der Waals surface area contributed by atoms with E-state index in [0.29, 0.717) is 17.3 Å². The number of nitrogens with zero attached hydrogens (tertiary/aromatic N) is 2. The van der Waals surface area contributed by atoms with Gasteiger partial charge in [0.2, 0.25) is 0 Å². The maximum atomic E-state index is 6.21. The molecule has 28 heavy (non-hydrogen) atoms. The number of methoxy groups -OCH3 is 1. The summed E-state index contributed by atoms with van der Waals surface area (Å²) >= 11 is 0. The number of hydrogen-bond donors (Lipinski definition) is 2. The Morgan fingerprint density at radius 3 is 2.79 bits per heavy atom. The lowest BCUT2D eigenvalue weighted by molar-refractivity contribution is 0.157. The Kier molecular flexibility index (Phi) is 5.27. The lowest BCUT2D eigenvalue weighted by atomic mass is 10.1. The summed E-state index contributed by atoms with van der Waals surface area (Å²) in [6.45, 7) is 1.93. The molecule has 0 unspecified atom stereocenters. The molecule has 6 nitrogen and oxygen atoms in total. The quantitative estimate of drug-likeness (QED) is 0.667. The smallest absolute Gasteiger partial charge is 0.163 e. The molecule has 0 spiro atoms. The summed E-state index contributed by atoms with van der Waals surface area (Å²) in [5, 5.41) is 7.52. The number of nitrogens with one attached hydrogen (secondary N) is 2. The Labute approximate surface area is 164 Å². The fourth-order valence-corrected chi connectivity index (χ4v) is 3.33. The van der Waals surface area contributed by atoms with Gasteiger partial charge in [0.05, 0.1) is 12.6 Å². The second kappa shape index (κ2) is 8.15. The van der Waals surface area contributed by atoms with Crippen molar-refractivity contribution < 1.29 is 9.47 Å². The number of fused-ring (bicyclic) bond motifs is 1. The fraction of sp³-hybridized carbons (Fsp3) is 0.273. The summed E-state index contributed by atoms with van der Waals surface area (Å²) in [5.41, 5.74) is 2.46. The lowest BCUT2D eigenvalue weighted by Gasteiger charge is -2.25. The van der Waals surface area contributed by atoms with Crippen molar-refractivity contribution in [1.29, 1.82) is 0 Å². The zero-order chi connectivity index (χ0) is 19.3. The third-order valence-corrected chi connectivity index (χ3v) is 4.79. The zero-order valence-electron chi connectivity index (χ0n) is 15.7. The van der Waals surface area contributed by atoms with E-state index in [2.05, 4.69) is 26.5 Å². The van der Waals surface area contributed by atoms with E-state index in [9.17, 15) is 0 Å². The van der Waals surface area contributed by atoms with Crippen LogP contribution in [-0.2, 0) is 0 Å². The van der Waals surface area contributed by atoms with E-state index in [-0.39, 0.29) is 6.10 Å². The molecule has 0 radical (unpaired) electrons. The standard InChI is InChI=1S/C22H22N4O2/c1-3-15-5-4-6-16(11-15)26-22-18-12-20(27-2)21(13-19(18)24-14-25-22)28-17-7-9-23-10-8-17/h1,4-6,11-14,17,23H,7-10H2,2H3,(H,24,25,26). The van der Waals surface area contributed by atoms with Gasteiger partial charge >= 0.3 is 0 Å². The molecule has 0 bridgehead atoms. The molecule has 1 aliphatic heterocycles.